The van der Waals surface area contributed by atoms with E-state index in [-0.39, 0.29) is 11.8 Å². The van der Waals surface area contributed by atoms with Crippen LogP contribution in [0.15, 0.2) is 18.2 Å². The van der Waals surface area contributed by atoms with Crippen LogP contribution in [0, 0.1) is 0 Å². The summed E-state index contributed by atoms with van der Waals surface area (Å²) in [6.45, 7) is 2.92. The lowest BCUT2D eigenvalue weighted by Crippen LogP contribution is -2.20. The van der Waals surface area contributed by atoms with Crippen LogP contribution in [0.3, 0.4) is 0 Å². The van der Waals surface area contributed by atoms with Crippen molar-refractivity contribution in [3.63, 3.8) is 0 Å². The van der Waals surface area contributed by atoms with Crippen LogP contribution in [0.25, 0.3) is 0 Å². The van der Waals surface area contributed by atoms with Crippen LogP contribution in [0.4, 0.5) is 5.69 Å². The smallest absolute Gasteiger partial charge is 0.261 e. The minimum atomic E-state index is -0.306. The molecule has 1 aliphatic rings. The normalized spacial score (nSPS) is 13.6. The van der Waals surface area contributed by atoms with Gasteiger partial charge in [0.15, 0.2) is 0 Å². The molecular formula is C12H14N2O2. The number of imide groups is 1. The van der Waals surface area contributed by atoms with Crippen molar-refractivity contribution in [3.05, 3.63) is 29.3 Å². The number of hydrogen-bond donors (Lipinski definition) is 2. The molecule has 0 bridgehead atoms. The maximum atomic E-state index is 11.6. The van der Waals surface area contributed by atoms with E-state index in [2.05, 4.69) is 17.6 Å². The zero-order valence-electron chi connectivity index (χ0n) is 9.17. The summed E-state index contributed by atoms with van der Waals surface area (Å²) in [7, 11) is 0. The molecule has 16 heavy (non-hydrogen) atoms. The molecule has 1 aromatic rings. The molecule has 84 valence electrons. The fourth-order valence-electron chi connectivity index (χ4n) is 1.77. The van der Waals surface area contributed by atoms with Gasteiger partial charge < -0.3 is 5.32 Å². The topological polar surface area (TPSA) is 58.2 Å². The molecule has 0 atom stereocenters. The molecule has 4 heteroatoms. The number of rotatable bonds is 4. The molecule has 2 N–H and O–H groups in total. The van der Waals surface area contributed by atoms with Crippen LogP contribution in [0.1, 0.15) is 40.5 Å². The molecule has 0 radical (unpaired) electrons. The van der Waals surface area contributed by atoms with Crippen molar-refractivity contribution in [1.82, 2.24) is 5.32 Å². The highest BCUT2D eigenvalue weighted by atomic mass is 16.2. The van der Waals surface area contributed by atoms with E-state index in [0.717, 1.165) is 25.1 Å². The largest absolute Gasteiger partial charge is 0.384 e. The lowest BCUT2D eigenvalue weighted by molar-refractivity contribution is 0.0880. The van der Waals surface area contributed by atoms with Crippen LogP contribution in [-0.4, -0.2) is 18.4 Å². The summed E-state index contributed by atoms with van der Waals surface area (Å²) in [5.41, 5.74) is 1.68. The second-order valence-corrected chi connectivity index (χ2v) is 3.79. The number of carbonyl (C=O) groups excluding carboxylic acids is 2. The van der Waals surface area contributed by atoms with E-state index in [1.165, 1.54) is 0 Å². The van der Waals surface area contributed by atoms with Gasteiger partial charge in [-0.25, -0.2) is 0 Å². The molecule has 0 aromatic heterocycles. The fourth-order valence-corrected chi connectivity index (χ4v) is 1.77. The molecule has 1 heterocycles. The molecule has 0 unspecified atom stereocenters. The third-order valence-corrected chi connectivity index (χ3v) is 2.61. The van der Waals surface area contributed by atoms with Crippen LogP contribution >= 0.6 is 0 Å². The number of benzene rings is 1. The number of hydrogen-bond acceptors (Lipinski definition) is 3. The highest BCUT2D eigenvalue weighted by Gasteiger charge is 2.28. The lowest BCUT2D eigenvalue weighted by atomic mass is 10.1. The third-order valence-electron chi connectivity index (χ3n) is 2.61. The molecule has 2 amide bonds. The summed E-state index contributed by atoms with van der Waals surface area (Å²) in [6, 6.07) is 5.28. The van der Waals surface area contributed by atoms with Crippen molar-refractivity contribution >= 4 is 17.5 Å². The summed E-state index contributed by atoms with van der Waals surface area (Å²) in [6.07, 6.45) is 2.13. The first-order chi connectivity index (χ1) is 7.74. The average Bonchev–Trinajstić information content (AvgIpc) is 2.56. The Bertz CT molecular complexity index is 441. The molecule has 0 aliphatic carbocycles. The molecule has 0 saturated carbocycles. The molecule has 0 saturated heterocycles. The number of anilines is 1. The van der Waals surface area contributed by atoms with Gasteiger partial charge in [0.1, 0.15) is 0 Å². The first-order valence-corrected chi connectivity index (χ1v) is 5.46. The van der Waals surface area contributed by atoms with E-state index in [9.17, 15) is 9.59 Å². The number of fused-ring (bicyclic) bond motifs is 1. The number of unbranched alkanes of at least 4 members (excludes halogenated alkanes) is 1. The summed E-state index contributed by atoms with van der Waals surface area (Å²) < 4.78 is 0. The van der Waals surface area contributed by atoms with Gasteiger partial charge in [0.2, 0.25) is 0 Å². The number of carbonyl (C=O) groups is 2. The fraction of sp³-hybridized carbons (Fsp3) is 0.333. The van der Waals surface area contributed by atoms with Crippen LogP contribution in [-0.2, 0) is 0 Å². The van der Waals surface area contributed by atoms with Gasteiger partial charge in [-0.3, -0.25) is 14.9 Å². The maximum Gasteiger partial charge on any atom is 0.261 e. The highest BCUT2D eigenvalue weighted by Crippen LogP contribution is 2.24. The van der Waals surface area contributed by atoms with E-state index >= 15 is 0 Å². The Morgan fingerprint density at radius 3 is 2.81 bits per heavy atom. The van der Waals surface area contributed by atoms with Crippen molar-refractivity contribution in [1.29, 1.82) is 0 Å². The zero-order valence-corrected chi connectivity index (χ0v) is 9.17. The Morgan fingerprint density at radius 1 is 1.25 bits per heavy atom. The Labute approximate surface area is 94.0 Å². The lowest BCUT2D eigenvalue weighted by Gasteiger charge is -2.08. The Hall–Kier alpha value is -1.84. The van der Waals surface area contributed by atoms with E-state index in [4.69, 9.17) is 0 Å². The van der Waals surface area contributed by atoms with Crippen molar-refractivity contribution in [2.45, 2.75) is 19.8 Å². The van der Waals surface area contributed by atoms with Crippen LogP contribution in [0.2, 0.25) is 0 Å². The van der Waals surface area contributed by atoms with Gasteiger partial charge in [0, 0.05) is 12.2 Å². The summed E-state index contributed by atoms with van der Waals surface area (Å²) in [5.74, 6) is -0.612. The Kier molecular flexibility index (Phi) is 2.90. The van der Waals surface area contributed by atoms with E-state index in [1.54, 1.807) is 12.1 Å². The van der Waals surface area contributed by atoms with Gasteiger partial charge in [-0.05, 0) is 18.6 Å². The standard InChI is InChI=1S/C12H14N2O2/c1-2-3-7-13-9-6-4-5-8-10(9)12(16)14-11(8)15/h4-6,13H,2-3,7H2,1H3,(H,14,15,16). The summed E-state index contributed by atoms with van der Waals surface area (Å²) in [5, 5.41) is 5.48. The second-order valence-electron chi connectivity index (χ2n) is 3.79. The number of amides is 2. The van der Waals surface area contributed by atoms with E-state index in [1.807, 2.05) is 6.07 Å². The molecule has 4 nitrogen and oxygen atoms in total. The maximum absolute atomic E-state index is 11.6. The van der Waals surface area contributed by atoms with Crippen molar-refractivity contribution in [3.8, 4) is 0 Å². The van der Waals surface area contributed by atoms with Gasteiger partial charge in [0.05, 0.1) is 11.1 Å². The predicted molar refractivity (Wildman–Crippen MR) is 61.6 cm³/mol. The molecule has 0 fully saturated rings. The van der Waals surface area contributed by atoms with E-state index in [0.29, 0.717) is 11.1 Å². The minimum Gasteiger partial charge on any atom is -0.384 e. The summed E-state index contributed by atoms with van der Waals surface area (Å²) in [4.78, 5) is 23.0. The average molecular weight is 218 g/mol. The first kappa shape index (κ1) is 10.7. The highest BCUT2D eigenvalue weighted by molar-refractivity contribution is 6.23. The van der Waals surface area contributed by atoms with Crippen LogP contribution < -0.4 is 10.6 Å². The van der Waals surface area contributed by atoms with Gasteiger partial charge in [0.25, 0.3) is 11.8 Å². The van der Waals surface area contributed by atoms with E-state index < -0.39 is 0 Å². The van der Waals surface area contributed by atoms with Gasteiger partial charge >= 0.3 is 0 Å². The monoisotopic (exact) mass is 218 g/mol. The van der Waals surface area contributed by atoms with Gasteiger partial charge in [-0.1, -0.05) is 19.4 Å². The Balaban J connectivity index is 2.27. The summed E-state index contributed by atoms with van der Waals surface area (Å²) >= 11 is 0. The quantitative estimate of drug-likeness (QED) is 0.598. The minimum absolute atomic E-state index is 0.306. The van der Waals surface area contributed by atoms with Crippen LogP contribution in [0.5, 0.6) is 0 Å². The zero-order chi connectivity index (χ0) is 11.5. The van der Waals surface area contributed by atoms with Gasteiger partial charge in [-0.2, -0.15) is 0 Å². The second kappa shape index (κ2) is 4.35. The predicted octanol–water partition coefficient (Wildman–Crippen LogP) is 1.78. The SMILES string of the molecule is CCCCNc1cccc2c1C(=O)NC2=O. The first-order valence-electron chi connectivity index (χ1n) is 5.46. The molecule has 1 aliphatic heterocycles. The van der Waals surface area contributed by atoms with Gasteiger partial charge in [-0.15, -0.1) is 0 Å². The van der Waals surface area contributed by atoms with Crippen molar-refractivity contribution in [2.24, 2.45) is 0 Å². The number of nitrogens with one attached hydrogen (secondary N) is 2. The van der Waals surface area contributed by atoms with Crippen molar-refractivity contribution < 1.29 is 9.59 Å². The molecule has 1 aromatic carbocycles. The third kappa shape index (κ3) is 1.78. The molecule has 2 rings (SSSR count). The molecule has 0 spiro atoms. The van der Waals surface area contributed by atoms with Crippen molar-refractivity contribution in [2.75, 3.05) is 11.9 Å². The Morgan fingerprint density at radius 2 is 2.06 bits per heavy atom. The molecular weight excluding hydrogens is 204 g/mol.